The zero-order valence-corrected chi connectivity index (χ0v) is 20.6. The molecule has 1 aliphatic rings. The van der Waals surface area contributed by atoms with Crippen molar-refractivity contribution in [1.29, 1.82) is 5.26 Å². The number of H-pyrrole nitrogens is 1. The van der Waals surface area contributed by atoms with Gasteiger partial charge in [0.15, 0.2) is 5.65 Å². The van der Waals surface area contributed by atoms with Crippen LogP contribution in [0.5, 0.6) is 5.75 Å². The van der Waals surface area contributed by atoms with E-state index < -0.39 is 6.10 Å². The SMILES string of the molecule is N#Cc1ccccc1N1CCN(CC(O)COc2ccc(-c3nc4cc(Br)cnc4[nH]3)cc2)CC1. The molecule has 0 amide bonds. The molecule has 1 saturated heterocycles. The van der Waals surface area contributed by atoms with Gasteiger partial charge in [0.05, 0.1) is 11.3 Å². The maximum absolute atomic E-state index is 10.5. The molecule has 4 aromatic rings. The van der Waals surface area contributed by atoms with Crippen molar-refractivity contribution in [3.8, 4) is 23.2 Å². The lowest BCUT2D eigenvalue weighted by atomic mass is 10.1. The summed E-state index contributed by atoms with van der Waals surface area (Å²) in [5.74, 6) is 1.44. The van der Waals surface area contributed by atoms with Crippen LogP contribution >= 0.6 is 15.9 Å². The van der Waals surface area contributed by atoms with Gasteiger partial charge < -0.3 is 19.7 Å². The molecular formula is C26H25BrN6O2. The summed E-state index contributed by atoms with van der Waals surface area (Å²) in [4.78, 5) is 16.6. The fourth-order valence-electron chi connectivity index (χ4n) is 4.27. The highest BCUT2D eigenvalue weighted by Gasteiger charge is 2.21. The van der Waals surface area contributed by atoms with Crippen LogP contribution in [-0.2, 0) is 0 Å². The number of aromatic amines is 1. The van der Waals surface area contributed by atoms with Crippen LogP contribution in [0, 0.1) is 11.3 Å². The Kier molecular flexibility index (Phi) is 6.95. The van der Waals surface area contributed by atoms with Gasteiger partial charge in [-0.3, -0.25) is 4.90 Å². The first kappa shape index (κ1) is 23.3. The van der Waals surface area contributed by atoms with Crippen molar-refractivity contribution < 1.29 is 9.84 Å². The number of nitrogens with one attached hydrogen (secondary N) is 1. The van der Waals surface area contributed by atoms with Crippen LogP contribution in [-0.4, -0.2) is 70.4 Å². The Morgan fingerprint density at radius 2 is 1.89 bits per heavy atom. The second-order valence-corrected chi connectivity index (χ2v) is 9.43. The molecule has 0 saturated carbocycles. The molecule has 2 N–H and O–H groups in total. The van der Waals surface area contributed by atoms with Crippen molar-refractivity contribution in [3.63, 3.8) is 0 Å². The van der Waals surface area contributed by atoms with Crippen molar-refractivity contribution in [2.45, 2.75) is 6.10 Å². The summed E-state index contributed by atoms with van der Waals surface area (Å²) in [6.45, 7) is 4.07. The number of rotatable bonds is 7. The minimum Gasteiger partial charge on any atom is -0.491 e. The number of aliphatic hydroxyl groups excluding tert-OH is 1. The quantitative estimate of drug-likeness (QED) is 0.373. The third kappa shape index (κ3) is 5.46. The number of β-amino-alcohol motifs (C(OH)–C–C–N with tert-alkyl or cyclic N) is 1. The van der Waals surface area contributed by atoms with Crippen LogP contribution < -0.4 is 9.64 Å². The highest BCUT2D eigenvalue weighted by atomic mass is 79.9. The number of imidazole rings is 1. The zero-order valence-electron chi connectivity index (χ0n) is 19.1. The Labute approximate surface area is 211 Å². The number of pyridine rings is 1. The monoisotopic (exact) mass is 532 g/mol. The number of aromatic nitrogens is 3. The van der Waals surface area contributed by atoms with E-state index in [1.165, 1.54) is 0 Å². The molecule has 35 heavy (non-hydrogen) atoms. The van der Waals surface area contributed by atoms with Gasteiger partial charge in [-0.15, -0.1) is 0 Å². The molecule has 0 radical (unpaired) electrons. The maximum Gasteiger partial charge on any atom is 0.157 e. The number of aliphatic hydroxyl groups is 1. The van der Waals surface area contributed by atoms with Gasteiger partial charge in [0.1, 0.15) is 35.9 Å². The highest BCUT2D eigenvalue weighted by molar-refractivity contribution is 9.10. The van der Waals surface area contributed by atoms with Crippen LogP contribution in [0.4, 0.5) is 5.69 Å². The molecular weight excluding hydrogens is 508 g/mol. The first-order valence-electron chi connectivity index (χ1n) is 11.5. The topological polar surface area (TPSA) is 101 Å². The van der Waals surface area contributed by atoms with Crippen molar-refractivity contribution in [2.75, 3.05) is 44.2 Å². The van der Waals surface area contributed by atoms with Gasteiger partial charge in [0, 0.05) is 49.0 Å². The summed E-state index contributed by atoms with van der Waals surface area (Å²) in [5.41, 5.74) is 4.15. The highest BCUT2D eigenvalue weighted by Crippen LogP contribution is 2.24. The van der Waals surface area contributed by atoms with Crippen LogP contribution in [0.2, 0.25) is 0 Å². The number of anilines is 1. The number of para-hydroxylation sites is 1. The van der Waals surface area contributed by atoms with E-state index >= 15 is 0 Å². The van der Waals surface area contributed by atoms with Crippen molar-refractivity contribution >= 4 is 32.8 Å². The molecule has 2 aromatic heterocycles. The Hall–Kier alpha value is -3.45. The summed E-state index contributed by atoms with van der Waals surface area (Å²) in [5, 5.41) is 19.9. The summed E-state index contributed by atoms with van der Waals surface area (Å²) in [6, 6.07) is 19.5. The number of piperazine rings is 1. The minimum atomic E-state index is -0.590. The minimum absolute atomic E-state index is 0.222. The van der Waals surface area contributed by atoms with E-state index in [0.29, 0.717) is 17.9 Å². The number of fused-ring (bicyclic) bond motifs is 1. The van der Waals surface area contributed by atoms with E-state index in [-0.39, 0.29) is 6.61 Å². The normalized spacial score (nSPS) is 15.2. The van der Waals surface area contributed by atoms with E-state index in [1.807, 2.05) is 54.6 Å². The van der Waals surface area contributed by atoms with E-state index in [2.05, 4.69) is 46.8 Å². The Bertz CT molecular complexity index is 1340. The predicted octanol–water partition coefficient (Wildman–Crippen LogP) is 3.82. The van der Waals surface area contributed by atoms with Crippen LogP contribution in [0.25, 0.3) is 22.6 Å². The molecule has 8 nitrogen and oxygen atoms in total. The van der Waals surface area contributed by atoms with Gasteiger partial charge >= 0.3 is 0 Å². The van der Waals surface area contributed by atoms with Crippen LogP contribution in [0.3, 0.4) is 0 Å². The number of halogens is 1. The molecule has 178 valence electrons. The smallest absolute Gasteiger partial charge is 0.157 e. The third-order valence-corrected chi connectivity index (χ3v) is 6.51. The third-order valence-electron chi connectivity index (χ3n) is 6.08. The Morgan fingerprint density at radius 3 is 2.66 bits per heavy atom. The molecule has 0 bridgehead atoms. The zero-order chi connectivity index (χ0) is 24.2. The van der Waals surface area contributed by atoms with Gasteiger partial charge in [0.25, 0.3) is 0 Å². The molecule has 1 unspecified atom stereocenters. The van der Waals surface area contributed by atoms with Crippen molar-refractivity contribution in [2.24, 2.45) is 0 Å². The second-order valence-electron chi connectivity index (χ2n) is 8.51. The lowest BCUT2D eigenvalue weighted by Gasteiger charge is -2.37. The number of nitriles is 1. The van der Waals surface area contributed by atoms with E-state index in [9.17, 15) is 10.4 Å². The molecule has 1 atom stereocenters. The number of ether oxygens (including phenoxy) is 1. The van der Waals surface area contributed by atoms with Gasteiger partial charge in [0.2, 0.25) is 0 Å². The lowest BCUT2D eigenvalue weighted by Crippen LogP contribution is -2.49. The van der Waals surface area contributed by atoms with Gasteiger partial charge in [-0.1, -0.05) is 12.1 Å². The number of hydrogen-bond acceptors (Lipinski definition) is 7. The van der Waals surface area contributed by atoms with Crippen LogP contribution in [0.15, 0.2) is 65.3 Å². The summed E-state index contributed by atoms with van der Waals surface area (Å²) < 4.78 is 6.71. The Morgan fingerprint density at radius 1 is 1.11 bits per heavy atom. The Balaban J connectivity index is 1.10. The molecule has 3 heterocycles. The molecule has 2 aromatic carbocycles. The fraction of sp³-hybridized carbons (Fsp3) is 0.269. The molecule has 0 spiro atoms. The second kappa shape index (κ2) is 10.4. The first-order chi connectivity index (χ1) is 17.1. The average molecular weight is 533 g/mol. The number of nitrogens with zero attached hydrogens (tertiary/aromatic N) is 5. The summed E-state index contributed by atoms with van der Waals surface area (Å²) in [6.07, 6.45) is 1.15. The molecule has 1 aliphatic heterocycles. The van der Waals surface area contributed by atoms with Crippen LogP contribution in [0.1, 0.15) is 5.56 Å². The summed E-state index contributed by atoms with van der Waals surface area (Å²) >= 11 is 3.42. The van der Waals surface area contributed by atoms with Crippen molar-refractivity contribution in [3.05, 3.63) is 70.8 Å². The lowest BCUT2D eigenvalue weighted by molar-refractivity contribution is 0.0663. The van der Waals surface area contributed by atoms with Gasteiger partial charge in [-0.05, 0) is 58.4 Å². The fourth-order valence-corrected chi connectivity index (χ4v) is 4.59. The number of benzene rings is 2. The average Bonchev–Trinajstić information content (AvgIpc) is 3.31. The van der Waals surface area contributed by atoms with E-state index in [0.717, 1.165) is 58.9 Å². The summed E-state index contributed by atoms with van der Waals surface area (Å²) in [7, 11) is 0. The van der Waals surface area contributed by atoms with Gasteiger partial charge in [-0.2, -0.15) is 5.26 Å². The van der Waals surface area contributed by atoms with E-state index in [4.69, 9.17) is 4.74 Å². The maximum atomic E-state index is 10.5. The predicted molar refractivity (Wildman–Crippen MR) is 138 cm³/mol. The van der Waals surface area contributed by atoms with E-state index in [1.54, 1.807) is 6.20 Å². The molecule has 0 aliphatic carbocycles. The van der Waals surface area contributed by atoms with Gasteiger partial charge in [-0.25, -0.2) is 9.97 Å². The number of hydrogen-bond donors (Lipinski definition) is 2. The molecule has 5 rings (SSSR count). The standard InChI is InChI=1S/C26H25BrN6O2/c27-20-13-23-26(29-15-20)31-25(30-23)18-5-7-22(8-6-18)35-17-21(34)16-32-9-11-33(12-10-32)24-4-2-1-3-19(24)14-28/h1-8,13,15,21,34H,9-12,16-17H2,(H,29,30,31). The molecule has 1 fully saturated rings. The van der Waals surface area contributed by atoms with Crippen molar-refractivity contribution in [1.82, 2.24) is 19.9 Å². The largest absolute Gasteiger partial charge is 0.491 e. The molecule has 9 heteroatoms. The first-order valence-corrected chi connectivity index (χ1v) is 12.3.